The number of halogens is 6. The maximum atomic E-state index is 12.3. The van der Waals surface area contributed by atoms with E-state index in [1.807, 2.05) is 0 Å². The van der Waals surface area contributed by atoms with Crippen LogP contribution in [0.2, 0.25) is 0 Å². The molecular weight excluding hydrogens is 274 g/mol. The van der Waals surface area contributed by atoms with Gasteiger partial charge < -0.3 is 4.55 Å². The Labute approximate surface area is 94.3 Å². The van der Waals surface area contributed by atoms with Gasteiger partial charge >= 0.3 is 12.4 Å². The number of allylic oxidation sites excluding steroid dienone is 3. The molecule has 0 saturated carbocycles. The van der Waals surface area contributed by atoms with Gasteiger partial charge in [-0.1, -0.05) is 6.08 Å². The van der Waals surface area contributed by atoms with Gasteiger partial charge in [-0.2, -0.15) is 26.3 Å². The molecule has 0 aromatic heterocycles. The van der Waals surface area contributed by atoms with Crippen molar-refractivity contribution in [1.82, 2.24) is 0 Å². The average molecular weight is 280 g/mol. The van der Waals surface area contributed by atoms with Crippen LogP contribution in [-0.2, 0) is 11.1 Å². The first-order chi connectivity index (χ1) is 7.51. The number of rotatable bonds is 1. The lowest BCUT2D eigenvalue weighted by Crippen LogP contribution is -2.28. The molecule has 1 rings (SSSR count). The van der Waals surface area contributed by atoms with Gasteiger partial charge in [-0.15, -0.1) is 0 Å². The summed E-state index contributed by atoms with van der Waals surface area (Å²) < 4.78 is 93.0. The van der Waals surface area contributed by atoms with Crippen molar-refractivity contribution >= 4 is 11.1 Å². The van der Waals surface area contributed by atoms with E-state index in [2.05, 4.69) is 0 Å². The molecular formula is C8H6F6O2S. The Hall–Kier alpha value is -0.830. The van der Waals surface area contributed by atoms with Gasteiger partial charge in [0.2, 0.25) is 0 Å². The summed E-state index contributed by atoms with van der Waals surface area (Å²) in [4.78, 5) is -0.883. The zero-order chi connectivity index (χ0) is 13.4. The first-order valence-electron chi connectivity index (χ1n) is 4.19. The second-order valence-electron chi connectivity index (χ2n) is 3.34. The highest BCUT2D eigenvalue weighted by molar-refractivity contribution is 7.83. The smallest absolute Gasteiger partial charge is 0.302 e. The van der Waals surface area contributed by atoms with E-state index in [9.17, 15) is 30.6 Å². The van der Waals surface area contributed by atoms with Gasteiger partial charge in [0.25, 0.3) is 0 Å². The zero-order valence-electron chi connectivity index (χ0n) is 7.97. The van der Waals surface area contributed by atoms with Crippen LogP contribution in [0, 0.1) is 5.92 Å². The molecule has 2 nitrogen and oxygen atoms in total. The van der Waals surface area contributed by atoms with Crippen molar-refractivity contribution in [3.63, 3.8) is 0 Å². The van der Waals surface area contributed by atoms with Crippen LogP contribution in [0.25, 0.3) is 0 Å². The average Bonchev–Trinajstić information content (AvgIpc) is 2.14. The fourth-order valence-corrected chi connectivity index (χ4v) is 1.81. The van der Waals surface area contributed by atoms with E-state index < -0.39 is 46.3 Å². The van der Waals surface area contributed by atoms with Crippen LogP contribution >= 0.6 is 0 Å². The molecule has 0 aromatic carbocycles. The molecule has 0 aromatic rings. The fourth-order valence-electron chi connectivity index (χ4n) is 1.29. The minimum atomic E-state index is -4.94. The van der Waals surface area contributed by atoms with Crippen LogP contribution in [0.3, 0.4) is 0 Å². The van der Waals surface area contributed by atoms with Gasteiger partial charge in [-0.05, 0) is 12.5 Å². The number of hydrogen-bond donors (Lipinski definition) is 1. The van der Waals surface area contributed by atoms with Gasteiger partial charge in [0, 0.05) is 5.57 Å². The van der Waals surface area contributed by atoms with Crippen LogP contribution < -0.4 is 0 Å². The molecule has 0 bridgehead atoms. The summed E-state index contributed by atoms with van der Waals surface area (Å²) in [6.45, 7) is 0. The highest BCUT2D eigenvalue weighted by Gasteiger charge is 2.45. The predicted molar refractivity (Wildman–Crippen MR) is 47.2 cm³/mol. The van der Waals surface area contributed by atoms with Crippen molar-refractivity contribution in [2.45, 2.75) is 18.8 Å². The minimum absolute atomic E-state index is 0.276. The zero-order valence-corrected chi connectivity index (χ0v) is 8.79. The SMILES string of the molecule is O=S(O)C1=CC(C(F)(F)F)CC(C(F)(F)F)=C1. The molecule has 1 aliphatic rings. The summed E-state index contributed by atoms with van der Waals surface area (Å²) in [5, 5.41) is 0. The predicted octanol–water partition coefficient (Wildman–Crippen LogP) is 3.16. The summed E-state index contributed by atoms with van der Waals surface area (Å²) in [6.07, 6.45) is -10.5. The number of hydrogen-bond acceptors (Lipinski definition) is 1. The van der Waals surface area contributed by atoms with Gasteiger partial charge in [0.1, 0.15) is 0 Å². The molecule has 1 N–H and O–H groups in total. The van der Waals surface area contributed by atoms with Crippen LogP contribution in [0.15, 0.2) is 22.6 Å². The van der Waals surface area contributed by atoms with Gasteiger partial charge in [-0.3, -0.25) is 0 Å². The second kappa shape index (κ2) is 4.45. The molecule has 0 heterocycles. The molecule has 0 radical (unpaired) electrons. The van der Waals surface area contributed by atoms with E-state index in [1.165, 1.54) is 0 Å². The summed E-state index contributed by atoms with van der Waals surface area (Å²) >= 11 is -2.88. The summed E-state index contributed by atoms with van der Waals surface area (Å²) in [7, 11) is 0. The normalized spacial score (nSPS) is 24.1. The summed E-state index contributed by atoms with van der Waals surface area (Å²) in [5.74, 6) is -2.39. The van der Waals surface area contributed by atoms with Crippen molar-refractivity contribution in [2.75, 3.05) is 0 Å². The Bertz CT molecular complexity index is 392. The van der Waals surface area contributed by atoms with Gasteiger partial charge in [0.15, 0.2) is 11.1 Å². The Balaban J connectivity index is 3.15. The Kier molecular flexibility index (Phi) is 3.72. The quantitative estimate of drug-likeness (QED) is 0.591. The van der Waals surface area contributed by atoms with Gasteiger partial charge in [0.05, 0.1) is 10.8 Å². The van der Waals surface area contributed by atoms with Crippen molar-refractivity contribution < 1.29 is 35.1 Å². The van der Waals surface area contributed by atoms with Crippen molar-refractivity contribution in [3.8, 4) is 0 Å². The topological polar surface area (TPSA) is 37.3 Å². The molecule has 0 spiro atoms. The molecule has 1 aliphatic carbocycles. The molecule has 17 heavy (non-hydrogen) atoms. The highest BCUT2D eigenvalue weighted by atomic mass is 32.2. The van der Waals surface area contributed by atoms with E-state index in [4.69, 9.17) is 4.55 Å². The van der Waals surface area contributed by atoms with Gasteiger partial charge in [-0.25, -0.2) is 4.21 Å². The first kappa shape index (κ1) is 14.2. The lowest BCUT2D eigenvalue weighted by molar-refractivity contribution is -0.165. The van der Waals surface area contributed by atoms with E-state index in [0.29, 0.717) is 6.08 Å². The summed E-state index contributed by atoms with van der Waals surface area (Å²) in [5.41, 5.74) is -1.46. The lowest BCUT2D eigenvalue weighted by Gasteiger charge is -2.24. The molecule has 9 heteroatoms. The maximum Gasteiger partial charge on any atom is 0.412 e. The molecule has 0 fully saturated rings. The van der Waals surface area contributed by atoms with E-state index in [1.54, 1.807) is 0 Å². The number of alkyl halides is 6. The van der Waals surface area contributed by atoms with Crippen molar-refractivity contribution in [1.29, 1.82) is 0 Å². The van der Waals surface area contributed by atoms with Crippen LogP contribution in [-0.4, -0.2) is 21.1 Å². The molecule has 0 amide bonds. The largest absolute Gasteiger partial charge is 0.412 e. The highest BCUT2D eigenvalue weighted by Crippen LogP contribution is 2.41. The van der Waals surface area contributed by atoms with E-state index in [0.717, 1.165) is 0 Å². The van der Waals surface area contributed by atoms with Crippen LogP contribution in [0.5, 0.6) is 0 Å². The Morgan fingerprint density at radius 2 is 1.76 bits per heavy atom. The molecule has 2 atom stereocenters. The van der Waals surface area contributed by atoms with Crippen molar-refractivity contribution in [2.24, 2.45) is 5.92 Å². The maximum absolute atomic E-state index is 12.3. The fraction of sp³-hybridized carbons (Fsp3) is 0.500. The second-order valence-corrected chi connectivity index (χ2v) is 4.31. The third-order valence-corrected chi connectivity index (χ3v) is 2.77. The molecule has 2 unspecified atom stereocenters. The van der Waals surface area contributed by atoms with E-state index >= 15 is 0 Å². The van der Waals surface area contributed by atoms with Crippen LogP contribution in [0.1, 0.15) is 6.42 Å². The van der Waals surface area contributed by atoms with Crippen molar-refractivity contribution in [3.05, 3.63) is 22.6 Å². The van der Waals surface area contributed by atoms with E-state index in [-0.39, 0.29) is 6.08 Å². The third-order valence-electron chi connectivity index (χ3n) is 2.11. The minimum Gasteiger partial charge on any atom is -0.302 e. The lowest BCUT2D eigenvalue weighted by atomic mass is 9.93. The molecule has 98 valence electrons. The third kappa shape index (κ3) is 3.56. The standard InChI is InChI=1S/C8H6F6O2S/c9-7(10,11)4-1-5(8(12,13)14)3-6(2-4)17(15)16/h2-4H,1H2,(H,15,16). The molecule has 0 aliphatic heterocycles. The molecule has 0 saturated heterocycles. The first-order valence-corrected chi connectivity index (χ1v) is 5.29. The van der Waals surface area contributed by atoms with Crippen LogP contribution in [0.4, 0.5) is 26.3 Å². The Morgan fingerprint density at radius 3 is 2.12 bits per heavy atom. The monoisotopic (exact) mass is 280 g/mol. The Morgan fingerprint density at radius 1 is 1.24 bits per heavy atom. The summed E-state index contributed by atoms with van der Waals surface area (Å²) in [6, 6.07) is 0.